The third kappa shape index (κ3) is 2.31. The lowest BCUT2D eigenvalue weighted by atomic mass is 9.98. The SMILES string of the molecule is CCC1c2ccsc2CCN1C(=O)c1nc2nc(C)cc(C)n2n1. The minimum Gasteiger partial charge on any atom is -0.328 e. The Morgan fingerprint density at radius 2 is 2.21 bits per heavy atom. The van der Waals surface area contributed by atoms with E-state index in [1.165, 1.54) is 10.4 Å². The summed E-state index contributed by atoms with van der Waals surface area (Å²) in [6, 6.07) is 4.18. The Labute approximate surface area is 144 Å². The summed E-state index contributed by atoms with van der Waals surface area (Å²) in [6.45, 7) is 6.69. The first-order valence-corrected chi connectivity index (χ1v) is 9.04. The second-order valence-electron chi connectivity index (χ2n) is 6.16. The molecule has 4 heterocycles. The van der Waals surface area contributed by atoms with E-state index in [2.05, 4.69) is 33.4 Å². The topological polar surface area (TPSA) is 63.4 Å². The molecule has 4 rings (SSSR count). The minimum atomic E-state index is -0.110. The molecule has 0 saturated heterocycles. The molecule has 3 aromatic rings. The molecule has 0 aliphatic carbocycles. The maximum atomic E-state index is 13.0. The molecule has 7 heteroatoms. The van der Waals surface area contributed by atoms with Crippen molar-refractivity contribution in [3.8, 4) is 0 Å². The predicted molar refractivity (Wildman–Crippen MR) is 92.3 cm³/mol. The molecule has 0 radical (unpaired) electrons. The van der Waals surface area contributed by atoms with Crippen LogP contribution in [0.5, 0.6) is 0 Å². The van der Waals surface area contributed by atoms with Crippen LogP contribution in [0.2, 0.25) is 0 Å². The second-order valence-corrected chi connectivity index (χ2v) is 7.16. The Bertz CT molecular complexity index is 928. The van der Waals surface area contributed by atoms with Gasteiger partial charge in [0.25, 0.3) is 11.7 Å². The summed E-state index contributed by atoms with van der Waals surface area (Å²) in [5.74, 6) is 0.603. The van der Waals surface area contributed by atoms with Gasteiger partial charge >= 0.3 is 0 Å². The van der Waals surface area contributed by atoms with Crippen LogP contribution in [0, 0.1) is 13.8 Å². The van der Waals surface area contributed by atoms with Crippen LogP contribution in [0.25, 0.3) is 5.78 Å². The summed E-state index contributed by atoms with van der Waals surface area (Å²) >= 11 is 1.78. The number of carbonyl (C=O) groups is 1. The van der Waals surface area contributed by atoms with Crippen molar-refractivity contribution in [3.05, 3.63) is 45.2 Å². The summed E-state index contributed by atoms with van der Waals surface area (Å²) in [7, 11) is 0. The maximum absolute atomic E-state index is 13.0. The van der Waals surface area contributed by atoms with Gasteiger partial charge in [0, 0.05) is 22.8 Å². The highest BCUT2D eigenvalue weighted by Gasteiger charge is 2.32. The zero-order valence-electron chi connectivity index (χ0n) is 14.0. The van der Waals surface area contributed by atoms with Gasteiger partial charge in [-0.2, -0.15) is 4.98 Å². The van der Waals surface area contributed by atoms with Gasteiger partial charge < -0.3 is 4.90 Å². The molecule has 0 aromatic carbocycles. The largest absolute Gasteiger partial charge is 0.328 e. The van der Waals surface area contributed by atoms with Gasteiger partial charge in [-0.25, -0.2) is 9.50 Å². The third-order valence-electron chi connectivity index (χ3n) is 4.55. The number of aromatic nitrogens is 4. The summed E-state index contributed by atoms with van der Waals surface area (Å²) in [5.41, 5.74) is 3.07. The quantitative estimate of drug-likeness (QED) is 0.719. The van der Waals surface area contributed by atoms with E-state index >= 15 is 0 Å². The lowest BCUT2D eigenvalue weighted by molar-refractivity contribution is 0.0645. The standard InChI is InChI=1S/C17H19N5OS/c1-4-13-12-6-8-24-14(12)5-7-21(13)16(23)15-19-17-18-10(2)9-11(3)22(17)20-15/h6,8-9,13H,4-5,7H2,1-3H3. The van der Waals surface area contributed by atoms with Crippen LogP contribution in [-0.4, -0.2) is 36.9 Å². The van der Waals surface area contributed by atoms with E-state index in [0.29, 0.717) is 12.3 Å². The van der Waals surface area contributed by atoms with E-state index in [0.717, 1.165) is 24.2 Å². The molecule has 0 spiro atoms. The van der Waals surface area contributed by atoms with Gasteiger partial charge in [0.15, 0.2) is 0 Å². The van der Waals surface area contributed by atoms with E-state index < -0.39 is 0 Å². The first kappa shape index (κ1) is 15.3. The number of hydrogen-bond acceptors (Lipinski definition) is 5. The fourth-order valence-corrected chi connectivity index (χ4v) is 4.39. The Morgan fingerprint density at radius 3 is 3.00 bits per heavy atom. The van der Waals surface area contributed by atoms with Gasteiger partial charge in [-0.1, -0.05) is 6.92 Å². The number of thiophene rings is 1. The maximum Gasteiger partial charge on any atom is 0.294 e. The van der Waals surface area contributed by atoms with Crippen molar-refractivity contribution in [3.63, 3.8) is 0 Å². The fourth-order valence-electron chi connectivity index (χ4n) is 3.47. The van der Waals surface area contributed by atoms with Gasteiger partial charge in [-0.05, 0) is 49.8 Å². The van der Waals surface area contributed by atoms with Crippen molar-refractivity contribution in [1.29, 1.82) is 0 Å². The first-order valence-electron chi connectivity index (χ1n) is 8.16. The van der Waals surface area contributed by atoms with Crippen molar-refractivity contribution >= 4 is 23.0 Å². The smallest absolute Gasteiger partial charge is 0.294 e. The van der Waals surface area contributed by atoms with Gasteiger partial charge in [-0.15, -0.1) is 16.4 Å². The molecule has 3 aromatic heterocycles. The lowest BCUT2D eigenvalue weighted by Gasteiger charge is -2.34. The Hall–Kier alpha value is -2.28. The molecular formula is C17H19N5OS. The van der Waals surface area contributed by atoms with Crippen LogP contribution >= 0.6 is 11.3 Å². The molecule has 1 amide bonds. The molecule has 0 bridgehead atoms. The van der Waals surface area contributed by atoms with Crippen molar-refractivity contribution in [2.75, 3.05) is 6.54 Å². The minimum absolute atomic E-state index is 0.106. The summed E-state index contributed by atoms with van der Waals surface area (Å²) in [4.78, 5) is 25.1. The average Bonchev–Trinajstić information content (AvgIpc) is 3.19. The van der Waals surface area contributed by atoms with Crippen LogP contribution in [0.1, 0.15) is 51.8 Å². The Kier molecular flexibility index (Phi) is 3.60. The number of hydrogen-bond donors (Lipinski definition) is 0. The lowest BCUT2D eigenvalue weighted by Crippen LogP contribution is -2.39. The molecule has 0 fully saturated rings. The normalized spacial score (nSPS) is 17.3. The highest BCUT2D eigenvalue weighted by molar-refractivity contribution is 7.10. The van der Waals surface area contributed by atoms with Crippen molar-refractivity contribution in [2.24, 2.45) is 0 Å². The van der Waals surface area contributed by atoms with Crippen molar-refractivity contribution in [2.45, 2.75) is 39.7 Å². The Morgan fingerprint density at radius 1 is 1.38 bits per heavy atom. The number of nitrogens with zero attached hydrogens (tertiary/aromatic N) is 5. The number of amides is 1. The van der Waals surface area contributed by atoms with Crippen LogP contribution < -0.4 is 0 Å². The van der Waals surface area contributed by atoms with E-state index in [9.17, 15) is 4.79 Å². The van der Waals surface area contributed by atoms with Crippen LogP contribution in [0.4, 0.5) is 0 Å². The average molecular weight is 341 g/mol. The summed E-state index contributed by atoms with van der Waals surface area (Å²) < 4.78 is 1.64. The van der Waals surface area contributed by atoms with Crippen LogP contribution in [0.15, 0.2) is 17.5 Å². The molecular weight excluding hydrogens is 322 g/mol. The molecule has 6 nitrogen and oxygen atoms in total. The van der Waals surface area contributed by atoms with Crippen molar-refractivity contribution < 1.29 is 4.79 Å². The van der Waals surface area contributed by atoms with Crippen LogP contribution in [-0.2, 0) is 6.42 Å². The highest BCUT2D eigenvalue weighted by Crippen LogP contribution is 2.35. The van der Waals surface area contributed by atoms with Gasteiger partial charge in [-0.3, -0.25) is 4.79 Å². The Balaban J connectivity index is 1.72. The molecule has 1 aliphatic rings. The fraction of sp³-hybridized carbons (Fsp3) is 0.412. The summed E-state index contributed by atoms with van der Waals surface area (Å²) in [5, 5.41) is 6.51. The van der Waals surface area contributed by atoms with Crippen LogP contribution in [0.3, 0.4) is 0 Å². The van der Waals surface area contributed by atoms with Gasteiger partial charge in [0.05, 0.1) is 6.04 Å². The summed E-state index contributed by atoms with van der Waals surface area (Å²) in [6.07, 6.45) is 1.79. The number of carbonyl (C=O) groups excluding carboxylic acids is 1. The first-order chi connectivity index (χ1) is 11.6. The van der Waals surface area contributed by atoms with E-state index in [-0.39, 0.29) is 17.8 Å². The number of rotatable bonds is 2. The van der Waals surface area contributed by atoms with Gasteiger partial charge in [0.1, 0.15) is 0 Å². The van der Waals surface area contributed by atoms with E-state index in [1.807, 2.05) is 24.8 Å². The molecule has 1 atom stereocenters. The van der Waals surface area contributed by atoms with E-state index in [4.69, 9.17) is 0 Å². The molecule has 0 saturated carbocycles. The van der Waals surface area contributed by atoms with Crippen molar-refractivity contribution in [1.82, 2.24) is 24.5 Å². The molecule has 0 N–H and O–H groups in total. The molecule has 1 aliphatic heterocycles. The number of fused-ring (bicyclic) bond motifs is 2. The zero-order valence-corrected chi connectivity index (χ0v) is 14.8. The molecule has 124 valence electrons. The van der Waals surface area contributed by atoms with Gasteiger partial charge in [0.2, 0.25) is 5.82 Å². The monoisotopic (exact) mass is 341 g/mol. The second kappa shape index (κ2) is 5.66. The molecule has 24 heavy (non-hydrogen) atoms. The number of aryl methyl sites for hydroxylation is 2. The molecule has 1 unspecified atom stereocenters. The van der Waals surface area contributed by atoms with E-state index in [1.54, 1.807) is 15.9 Å². The zero-order chi connectivity index (χ0) is 16.8. The highest BCUT2D eigenvalue weighted by atomic mass is 32.1. The predicted octanol–water partition coefficient (Wildman–Crippen LogP) is 2.95. The third-order valence-corrected chi connectivity index (χ3v) is 5.55.